The summed E-state index contributed by atoms with van der Waals surface area (Å²) in [6.07, 6.45) is 1.15. The first-order valence-corrected chi connectivity index (χ1v) is 6.30. The van der Waals surface area contributed by atoms with Crippen LogP contribution >= 0.6 is 11.6 Å². The standard InChI is InChI=1S/C12H19ClN4O/c1-5-9-15-11(13)8(2)12(16-9)14-7-6-10(18)17(3)4/h5-7H2,1-4H3,(H,14,15,16). The summed E-state index contributed by atoms with van der Waals surface area (Å²) in [7, 11) is 3.48. The lowest BCUT2D eigenvalue weighted by molar-refractivity contribution is -0.128. The van der Waals surface area contributed by atoms with Crippen molar-refractivity contribution in [2.75, 3.05) is 26.0 Å². The molecule has 0 aliphatic carbocycles. The SMILES string of the molecule is CCc1nc(Cl)c(C)c(NCCC(=O)N(C)C)n1. The van der Waals surface area contributed by atoms with Crippen LogP contribution in [0.1, 0.15) is 24.7 Å². The minimum absolute atomic E-state index is 0.0796. The zero-order valence-corrected chi connectivity index (χ0v) is 12.0. The lowest BCUT2D eigenvalue weighted by Gasteiger charge is -2.13. The maximum Gasteiger partial charge on any atom is 0.223 e. The van der Waals surface area contributed by atoms with Gasteiger partial charge in [0, 0.05) is 39.0 Å². The van der Waals surface area contributed by atoms with Gasteiger partial charge in [-0.05, 0) is 6.92 Å². The van der Waals surface area contributed by atoms with Crippen molar-refractivity contribution in [3.8, 4) is 0 Å². The van der Waals surface area contributed by atoms with Crippen LogP contribution < -0.4 is 5.32 Å². The summed E-state index contributed by atoms with van der Waals surface area (Å²) in [6.45, 7) is 4.37. The van der Waals surface area contributed by atoms with Crippen molar-refractivity contribution < 1.29 is 4.79 Å². The van der Waals surface area contributed by atoms with Gasteiger partial charge in [0.25, 0.3) is 0 Å². The highest BCUT2D eigenvalue weighted by Crippen LogP contribution is 2.19. The largest absolute Gasteiger partial charge is 0.369 e. The third kappa shape index (κ3) is 3.84. The van der Waals surface area contributed by atoms with Gasteiger partial charge in [-0.3, -0.25) is 4.79 Å². The quantitative estimate of drug-likeness (QED) is 0.830. The molecule has 0 aliphatic heterocycles. The average molecular weight is 271 g/mol. The Kier molecular flexibility index (Phi) is 5.34. The molecule has 1 amide bonds. The van der Waals surface area contributed by atoms with Gasteiger partial charge in [0.2, 0.25) is 5.91 Å². The van der Waals surface area contributed by atoms with Crippen LogP contribution in [0.2, 0.25) is 5.15 Å². The van der Waals surface area contributed by atoms with E-state index in [0.717, 1.165) is 12.0 Å². The van der Waals surface area contributed by atoms with E-state index in [1.165, 1.54) is 0 Å². The molecule has 100 valence electrons. The number of aryl methyl sites for hydroxylation is 1. The first-order chi connectivity index (χ1) is 8.45. The Balaban J connectivity index is 2.67. The first-order valence-electron chi connectivity index (χ1n) is 5.92. The number of anilines is 1. The zero-order valence-electron chi connectivity index (χ0n) is 11.2. The van der Waals surface area contributed by atoms with Gasteiger partial charge in [0.15, 0.2) is 0 Å². The van der Waals surface area contributed by atoms with Gasteiger partial charge in [0.05, 0.1) is 0 Å². The smallest absolute Gasteiger partial charge is 0.223 e. The number of nitrogens with one attached hydrogen (secondary N) is 1. The van der Waals surface area contributed by atoms with Crippen molar-refractivity contribution in [1.82, 2.24) is 14.9 Å². The van der Waals surface area contributed by atoms with Crippen LogP contribution in [0.5, 0.6) is 0 Å². The molecule has 1 aromatic heterocycles. The Morgan fingerprint density at radius 3 is 2.61 bits per heavy atom. The molecule has 0 aliphatic rings. The Labute approximate surface area is 113 Å². The molecule has 1 aromatic rings. The molecule has 0 unspecified atom stereocenters. The highest BCUT2D eigenvalue weighted by atomic mass is 35.5. The second-order valence-electron chi connectivity index (χ2n) is 4.22. The van der Waals surface area contributed by atoms with Gasteiger partial charge < -0.3 is 10.2 Å². The molecular formula is C12H19ClN4O. The number of aromatic nitrogens is 2. The second-order valence-corrected chi connectivity index (χ2v) is 4.58. The fraction of sp³-hybridized carbons (Fsp3) is 0.583. The highest BCUT2D eigenvalue weighted by Gasteiger charge is 2.09. The van der Waals surface area contributed by atoms with Crippen molar-refractivity contribution in [2.24, 2.45) is 0 Å². The first kappa shape index (κ1) is 14.7. The number of hydrogen-bond acceptors (Lipinski definition) is 4. The summed E-state index contributed by atoms with van der Waals surface area (Å²) in [6, 6.07) is 0. The van der Waals surface area contributed by atoms with Gasteiger partial charge in [-0.25, -0.2) is 9.97 Å². The topological polar surface area (TPSA) is 58.1 Å². The number of carbonyl (C=O) groups excluding carboxylic acids is 1. The van der Waals surface area contributed by atoms with Crippen molar-refractivity contribution >= 4 is 23.3 Å². The lowest BCUT2D eigenvalue weighted by atomic mass is 10.3. The summed E-state index contributed by atoms with van der Waals surface area (Å²) in [5.74, 6) is 1.49. The Morgan fingerprint density at radius 2 is 2.06 bits per heavy atom. The van der Waals surface area contributed by atoms with Crippen LogP contribution in [0.15, 0.2) is 0 Å². The summed E-state index contributed by atoms with van der Waals surface area (Å²) in [5, 5.41) is 3.59. The number of hydrogen-bond donors (Lipinski definition) is 1. The van der Waals surface area contributed by atoms with Crippen LogP contribution in [0, 0.1) is 6.92 Å². The maximum absolute atomic E-state index is 11.4. The third-order valence-electron chi connectivity index (χ3n) is 2.58. The maximum atomic E-state index is 11.4. The monoisotopic (exact) mass is 270 g/mol. The molecule has 5 nitrogen and oxygen atoms in total. The second kappa shape index (κ2) is 6.54. The summed E-state index contributed by atoms with van der Waals surface area (Å²) < 4.78 is 0. The van der Waals surface area contributed by atoms with Crippen LogP contribution in [0.3, 0.4) is 0 Å². The summed E-state index contributed by atoms with van der Waals surface area (Å²) in [4.78, 5) is 21.5. The molecule has 6 heteroatoms. The third-order valence-corrected chi connectivity index (χ3v) is 2.95. The van der Waals surface area contributed by atoms with Crippen LogP contribution in [0.25, 0.3) is 0 Å². The molecule has 1 heterocycles. The number of halogens is 1. The van der Waals surface area contributed by atoms with E-state index < -0.39 is 0 Å². The van der Waals surface area contributed by atoms with E-state index in [-0.39, 0.29) is 5.91 Å². The molecule has 0 radical (unpaired) electrons. The van der Waals surface area contributed by atoms with Gasteiger partial charge >= 0.3 is 0 Å². The molecule has 1 rings (SSSR count). The van der Waals surface area contributed by atoms with Crippen LogP contribution in [-0.4, -0.2) is 41.4 Å². The minimum atomic E-state index is 0.0796. The van der Waals surface area contributed by atoms with Crippen molar-refractivity contribution in [3.05, 3.63) is 16.5 Å². The van der Waals surface area contributed by atoms with E-state index in [9.17, 15) is 4.79 Å². The van der Waals surface area contributed by atoms with E-state index in [4.69, 9.17) is 11.6 Å². The Morgan fingerprint density at radius 1 is 1.39 bits per heavy atom. The summed E-state index contributed by atoms with van der Waals surface area (Å²) in [5.41, 5.74) is 0.811. The van der Waals surface area contributed by atoms with E-state index in [2.05, 4.69) is 15.3 Å². The van der Waals surface area contributed by atoms with Crippen LogP contribution in [0.4, 0.5) is 5.82 Å². The van der Waals surface area contributed by atoms with Crippen LogP contribution in [-0.2, 0) is 11.2 Å². The predicted molar refractivity (Wildman–Crippen MR) is 73.0 cm³/mol. The molecule has 0 saturated carbocycles. The molecule has 18 heavy (non-hydrogen) atoms. The van der Waals surface area contributed by atoms with Gasteiger partial charge in [-0.15, -0.1) is 0 Å². The van der Waals surface area contributed by atoms with Crippen molar-refractivity contribution in [1.29, 1.82) is 0 Å². The molecule has 0 fully saturated rings. The summed E-state index contributed by atoms with van der Waals surface area (Å²) >= 11 is 6.02. The highest BCUT2D eigenvalue weighted by molar-refractivity contribution is 6.30. The molecule has 0 bridgehead atoms. The predicted octanol–water partition coefficient (Wildman–Crippen LogP) is 1.89. The van der Waals surface area contributed by atoms with Gasteiger partial charge in [-0.2, -0.15) is 0 Å². The van der Waals surface area contributed by atoms with E-state index in [1.807, 2.05) is 13.8 Å². The fourth-order valence-electron chi connectivity index (χ4n) is 1.37. The molecule has 0 atom stereocenters. The van der Waals surface area contributed by atoms with E-state index in [0.29, 0.717) is 29.8 Å². The fourth-order valence-corrected chi connectivity index (χ4v) is 1.56. The number of amides is 1. The normalized spacial score (nSPS) is 10.3. The number of nitrogens with zero attached hydrogens (tertiary/aromatic N) is 3. The van der Waals surface area contributed by atoms with Crippen molar-refractivity contribution in [2.45, 2.75) is 26.7 Å². The Bertz CT molecular complexity index is 434. The van der Waals surface area contributed by atoms with Gasteiger partial charge in [-0.1, -0.05) is 18.5 Å². The van der Waals surface area contributed by atoms with Gasteiger partial charge in [0.1, 0.15) is 16.8 Å². The van der Waals surface area contributed by atoms with E-state index >= 15 is 0 Å². The van der Waals surface area contributed by atoms with E-state index in [1.54, 1.807) is 19.0 Å². The molecule has 0 saturated heterocycles. The molecule has 1 N–H and O–H groups in total. The zero-order chi connectivity index (χ0) is 13.7. The lowest BCUT2D eigenvalue weighted by Crippen LogP contribution is -2.24. The molecule has 0 aromatic carbocycles. The average Bonchev–Trinajstić information content (AvgIpc) is 2.33. The molecular weight excluding hydrogens is 252 g/mol. The Hall–Kier alpha value is -1.36. The van der Waals surface area contributed by atoms with Crippen molar-refractivity contribution in [3.63, 3.8) is 0 Å². The molecule has 0 spiro atoms. The minimum Gasteiger partial charge on any atom is -0.369 e. The number of carbonyl (C=O) groups is 1. The number of rotatable bonds is 5.